The number of halogens is 5. The van der Waals surface area contributed by atoms with E-state index in [9.17, 15) is 22.0 Å². The van der Waals surface area contributed by atoms with Crippen molar-refractivity contribution in [1.82, 2.24) is 15.1 Å². The molecule has 2 unspecified atom stereocenters. The molecule has 12 heteroatoms. The highest BCUT2D eigenvalue weighted by Crippen LogP contribution is 2.45. The summed E-state index contributed by atoms with van der Waals surface area (Å²) in [6.07, 6.45) is 1.65. The van der Waals surface area contributed by atoms with Crippen molar-refractivity contribution < 1.29 is 26.7 Å². The molecule has 1 N–H and O–H groups in total. The maximum absolute atomic E-state index is 14.4. The van der Waals surface area contributed by atoms with Gasteiger partial charge in [0.05, 0.1) is 21.4 Å². The molecule has 2 aromatic rings. The number of ether oxygens (including phenoxy) is 1. The Morgan fingerprint density at radius 2 is 1.77 bits per heavy atom. The zero-order valence-electron chi connectivity index (χ0n) is 18.9. The first-order chi connectivity index (χ1) is 16.5. The van der Waals surface area contributed by atoms with Crippen molar-refractivity contribution in [2.75, 3.05) is 31.6 Å². The highest BCUT2D eigenvalue weighted by atomic mass is 19.3. The van der Waals surface area contributed by atoms with Gasteiger partial charge in [0.2, 0.25) is 0 Å². The summed E-state index contributed by atoms with van der Waals surface area (Å²) in [7, 11) is 12.6. The summed E-state index contributed by atoms with van der Waals surface area (Å²) < 4.78 is 74.7. The molecule has 35 heavy (non-hydrogen) atoms. The van der Waals surface area contributed by atoms with Crippen LogP contribution < -0.4 is 5.32 Å². The van der Waals surface area contributed by atoms with Gasteiger partial charge in [-0.05, 0) is 54.6 Å². The molecule has 3 heterocycles. The van der Waals surface area contributed by atoms with Crippen LogP contribution in [0.2, 0.25) is 0 Å². The third-order valence-corrected chi connectivity index (χ3v) is 7.50. The van der Waals surface area contributed by atoms with E-state index in [-0.39, 0.29) is 42.2 Å². The maximum atomic E-state index is 14.4. The molecule has 1 aliphatic carbocycles. The van der Waals surface area contributed by atoms with Gasteiger partial charge in [0.25, 0.3) is 5.92 Å². The van der Waals surface area contributed by atoms with Crippen LogP contribution in [0.15, 0.2) is 24.3 Å². The lowest BCUT2D eigenvalue weighted by Crippen LogP contribution is -2.62. The minimum absolute atomic E-state index is 0.0116. The Morgan fingerprint density at radius 1 is 1.06 bits per heavy atom. The van der Waals surface area contributed by atoms with Gasteiger partial charge in [0.1, 0.15) is 18.2 Å². The summed E-state index contributed by atoms with van der Waals surface area (Å²) in [6, 6.07) is 4.42. The lowest BCUT2D eigenvalue weighted by atomic mass is 9.51. The van der Waals surface area contributed by atoms with Gasteiger partial charge in [-0.1, -0.05) is 0 Å². The summed E-state index contributed by atoms with van der Waals surface area (Å²) in [5.74, 6) is -6.72. The molecule has 0 amide bonds. The van der Waals surface area contributed by atoms with Crippen LogP contribution in [0.4, 0.5) is 27.8 Å². The number of likely N-dealkylation sites (tertiary alicyclic amines) is 1. The predicted octanol–water partition coefficient (Wildman–Crippen LogP) is 3.35. The standard InChI is InChI=1S/C23H23B2F5N4O/c24-23(25,19-3-4-35-11-22(19,29)30)34-9-12-5-15(6-13(12)10-34)31-20-2-1-18(32-33-20)16-7-14(26)8-17(27)21(16)28/h1-2,7-8,12-13,15,19H,3-6,9-11H2,(H,31,33)/t12-,13+,15?,19?. The van der Waals surface area contributed by atoms with Crippen molar-refractivity contribution in [3.05, 3.63) is 41.7 Å². The highest BCUT2D eigenvalue weighted by Gasteiger charge is 2.54. The van der Waals surface area contributed by atoms with Crippen molar-refractivity contribution >= 4 is 21.5 Å². The normalized spacial score (nSPS) is 28.7. The van der Waals surface area contributed by atoms with Crippen molar-refractivity contribution in [3.8, 4) is 11.3 Å². The van der Waals surface area contributed by atoms with E-state index in [2.05, 4.69) is 15.5 Å². The first kappa shape index (κ1) is 24.5. The molecule has 2 aliphatic heterocycles. The molecule has 4 atom stereocenters. The van der Waals surface area contributed by atoms with Crippen molar-refractivity contribution in [2.45, 2.75) is 36.6 Å². The van der Waals surface area contributed by atoms with E-state index in [1.807, 2.05) is 0 Å². The minimum Gasteiger partial charge on any atom is -0.375 e. The number of hydrogen-bond acceptors (Lipinski definition) is 5. The van der Waals surface area contributed by atoms with Gasteiger partial charge in [0.15, 0.2) is 11.6 Å². The van der Waals surface area contributed by atoms with Gasteiger partial charge >= 0.3 is 0 Å². The van der Waals surface area contributed by atoms with Crippen LogP contribution in [0, 0.1) is 35.2 Å². The number of benzene rings is 1. The molecular weight excluding hydrogens is 465 g/mol. The minimum atomic E-state index is -3.07. The number of fused-ring (bicyclic) bond motifs is 1. The van der Waals surface area contributed by atoms with E-state index in [1.165, 1.54) is 6.07 Å². The molecule has 3 fully saturated rings. The summed E-state index contributed by atoms with van der Waals surface area (Å²) in [4.78, 5) is 1.78. The van der Waals surface area contributed by atoms with Gasteiger partial charge in [-0.15, -0.1) is 10.2 Å². The van der Waals surface area contributed by atoms with Crippen LogP contribution in [0.5, 0.6) is 0 Å². The smallest absolute Gasteiger partial charge is 0.274 e. The second-order valence-corrected chi connectivity index (χ2v) is 9.83. The highest BCUT2D eigenvalue weighted by molar-refractivity contribution is 6.40. The zero-order valence-corrected chi connectivity index (χ0v) is 18.9. The van der Waals surface area contributed by atoms with E-state index < -0.39 is 41.2 Å². The average molecular weight is 488 g/mol. The Morgan fingerprint density at radius 3 is 2.40 bits per heavy atom. The predicted molar refractivity (Wildman–Crippen MR) is 121 cm³/mol. The van der Waals surface area contributed by atoms with Crippen LogP contribution in [0.3, 0.4) is 0 Å². The zero-order chi connectivity index (χ0) is 25.0. The third-order valence-electron chi connectivity index (χ3n) is 7.50. The fourth-order valence-electron chi connectivity index (χ4n) is 5.75. The van der Waals surface area contributed by atoms with E-state index in [1.54, 1.807) is 11.0 Å². The number of aromatic nitrogens is 2. The van der Waals surface area contributed by atoms with Crippen LogP contribution >= 0.6 is 0 Å². The van der Waals surface area contributed by atoms with Gasteiger partial charge in [-0.3, -0.25) is 0 Å². The van der Waals surface area contributed by atoms with Crippen LogP contribution in [0.1, 0.15) is 19.3 Å². The topological polar surface area (TPSA) is 50.3 Å². The summed E-state index contributed by atoms with van der Waals surface area (Å²) in [5, 5.41) is 9.60. The van der Waals surface area contributed by atoms with Gasteiger partial charge < -0.3 is 15.0 Å². The second kappa shape index (κ2) is 9.03. The number of anilines is 1. The quantitative estimate of drug-likeness (QED) is 0.398. The monoisotopic (exact) mass is 488 g/mol. The maximum Gasteiger partial charge on any atom is 0.274 e. The van der Waals surface area contributed by atoms with Crippen molar-refractivity contribution in [3.63, 3.8) is 0 Å². The number of alkyl halides is 2. The number of nitrogens with zero attached hydrogens (tertiary/aromatic N) is 3. The molecular formula is C23H23B2F5N4O. The van der Waals surface area contributed by atoms with Gasteiger partial charge in [0, 0.05) is 43.3 Å². The molecule has 4 radical (unpaired) electrons. The molecule has 5 rings (SSSR count). The molecule has 5 nitrogen and oxygen atoms in total. The number of nitrogens with one attached hydrogen (secondary N) is 1. The molecule has 0 spiro atoms. The first-order valence-corrected chi connectivity index (χ1v) is 11.6. The van der Waals surface area contributed by atoms with Crippen molar-refractivity contribution in [1.29, 1.82) is 0 Å². The molecule has 1 saturated carbocycles. The second-order valence-electron chi connectivity index (χ2n) is 9.83. The molecule has 2 saturated heterocycles. The van der Waals surface area contributed by atoms with Gasteiger partial charge in [-0.2, -0.15) is 0 Å². The molecule has 1 aromatic carbocycles. The first-order valence-electron chi connectivity index (χ1n) is 11.6. The number of hydrogen-bond donors (Lipinski definition) is 1. The van der Waals surface area contributed by atoms with E-state index in [0.717, 1.165) is 18.9 Å². The third kappa shape index (κ3) is 4.67. The fourth-order valence-corrected chi connectivity index (χ4v) is 5.75. The Bertz CT molecular complexity index is 1080. The molecule has 0 bridgehead atoms. The van der Waals surface area contributed by atoms with E-state index in [4.69, 9.17) is 20.4 Å². The Balaban J connectivity index is 1.20. The fraction of sp³-hybridized carbons (Fsp3) is 0.565. The Labute approximate surface area is 202 Å². The molecule has 1 aromatic heterocycles. The molecule has 182 valence electrons. The van der Waals surface area contributed by atoms with Crippen molar-refractivity contribution in [2.24, 2.45) is 17.8 Å². The lowest BCUT2D eigenvalue weighted by Gasteiger charge is -2.48. The summed E-state index contributed by atoms with van der Waals surface area (Å²) in [6.45, 7) is 0.599. The van der Waals surface area contributed by atoms with Crippen LogP contribution in [-0.4, -0.2) is 74.4 Å². The lowest BCUT2D eigenvalue weighted by molar-refractivity contribution is -0.169. The van der Waals surface area contributed by atoms with E-state index in [0.29, 0.717) is 25.0 Å². The Kier molecular flexibility index (Phi) is 6.32. The van der Waals surface area contributed by atoms with Crippen LogP contribution in [0.25, 0.3) is 11.3 Å². The largest absolute Gasteiger partial charge is 0.375 e. The Hall–Kier alpha value is -2.20. The summed E-state index contributed by atoms with van der Waals surface area (Å²) >= 11 is 0. The van der Waals surface area contributed by atoms with Crippen LogP contribution in [-0.2, 0) is 4.74 Å². The molecule has 3 aliphatic rings. The summed E-state index contributed by atoms with van der Waals surface area (Å²) in [5.41, 5.74) is -0.295. The van der Waals surface area contributed by atoms with E-state index >= 15 is 0 Å². The number of rotatable bonds is 5. The van der Waals surface area contributed by atoms with Gasteiger partial charge in [-0.25, -0.2) is 22.0 Å². The SMILES string of the molecule is [B]C([B])(C1CCOCC1(F)F)N1C[C@H]2CC(Nc3ccc(-c4cc(F)cc(F)c4F)nn3)C[C@H]2C1. The average Bonchev–Trinajstić information content (AvgIpc) is 3.36.